The van der Waals surface area contributed by atoms with Crippen molar-refractivity contribution in [2.45, 2.75) is 44.8 Å². The molecule has 2 aliphatic rings. The van der Waals surface area contributed by atoms with Crippen LogP contribution in [0.5, 0.6) is 0 Å². The van der Waals surface area contributed by atoms with Crippen molar-refractivity contribution in [3.63, 3.8) is 0 Å². The van der Waals surface area contributed by atoms with E-state index in [1.54, 1.807) is 0 Å². The first kappa shape index (κ1) is 12.3. The van der Waals surface area contributed by atoms with E-state index in [0.717, 1.165) is 18.5 Å². The third-order valence-electron chi connectivity index (χ3n) is 4.19. The molecule has 0 radical (unpaired) electrons. The van der Waals surface area contributed by atoms with Gasteiger partial charge >= 0.3 is 0 Å². The highest BCUT2D eigenvalue weighted by atomic mass is 16.3. The molecule has 0 aromatic rings. The number of rotatable bonds is 3. The average Bonchev–Trinajstić information content (AvgIpc) is 2.64. The Hall–Kier alpha value is -0.120. The van der Waals surface area contributed by atoms with Crippen molar-refractivity contribution < 1.29 is 5.11 Å². The molecule has 0 amide bonds. The van der Waals surface area contributed by atoms with Crippen molar-refractivity contribution in [2.24, 2.45) is 5.92 Å². The molecule has 2 rings (SSSR count). The maximum Gasteiger partial charge on any atom is 0.0639 e. The number of hydrogen-bond acceptors (Lipinski definition) is 3. The van der Waals surface area contributed by atoms with Gasteiger partial charge in [-0.15, -0.1) is 0 Å². The van der Waals surface area contributed by atoms with Gasteiger partial charge in [-0.1, -0.05) is 0 Å². The summed E-state index contributed by atoms with van der Waals surface area (Å²) in [4.78, 5) is 4.99. The van der Waals surface area contributed by atoms with Crippen LogP contribution >= 0.6 is 0 Å². The van der Waals surface area contributed by atoms with Gasteiger partial charge in [0.2, 0.25) is 0 Å². The van der Waals surface area contributed by atoms with Gasteiger partial charge in [-0.25, -0.2) is 0 Å². The van der Waals surface area contributed by atoms with Crippen molar-refractivity contribution in [3.05, 3.63) is 0 Å². The normalized spacial score (nSPS) is 35.4. The molecule has 0 aliphatic carbocycles. The fourth-order valence-corrected chi connectivity index (χ4v) is 3.48. The van der Waals surface area contributed by atoms with Crippen molar-refractivity contribution in [3.8, 4) is 0 Å². The molecule has 0 spiro atoms. The standard InChI is InChI=1S/C13H26N2O/c1-11(16)9-15-8-3-5-12(10-15)13-6-4-7-14(13)2/h11-13,16H,3-10H2,1-2H3/t11-,12-,13+/m1/s1. The van der Waals surface area contributed by atoms with Gasteiger partial charge in [0, 0.05) is 19.1 Å². The lowest BCUT2D eigenvalue weighted by molar-refractivity contribution is 0.0713. The predicted octanol–water partition coefficient (Wildman–Crippen LogP) is 1.17. The summed E-state index contributed by atoms with van der Waals surface area (Å²) in [5, 5.41) is 9.46. The maximum absolute atomic E-state index is 9.46. The lowest BCUT2D eigenvalue weighted by Gasteiger charge is -2.38. The number of β-amino-alcohol motifs (C(OH)–C–C–N with tert-alkyl or cyclic N) is 1. The number of nitrogens with zero attached hydrogens (tertiary/aromatic N) is 2. The van der Waals surface area contributed by atoms with E-state index >= 15 is 0 Å². The molecule has 3 atom stereocenters. The van der Waals surface area contributed by atoms with Gasteiger partial charge in [-0.3, -0.25) is 0 Å². The van der Waals surface area contributed by atoms with Crippen molar-refractivity contribution in [2.75, 3.05) is 33.2 Å². The number of aliphatic hydroxyl groups excluding tert-OH is 1. The van der Waals surface area contributed by atoms with Crippen LogP contribution in [0.2, 0.25) is 0 Å². The van der Waals surface area contributed by atoms with Crippen LogP contribution in [0.15, 0.2) is 0 Å². The Labute approximate surface area is 99.4 Å². The largest absolute Gasteiger partial charge is 0.392 e. The summed E-state index contributed by atoms with van der Waals surface area (Å²) in [7, 11) is 2.27. The third kappa shape index (κ3) is 2.96. The number of aliphatic hydroxyl groups is 1. The molecular formula is C13H26N2O. The highest BCUT2D eigenvalue weighted by molar-refractivity contribution is 4.87. The number of likely N-dealkylation sites (tertiary alicyclic amines) is 2. The second kappa shape index (κ2) is 5.48. The number of hydrogen-bond donors (Lipinski definition) is 1. The average molecular weight is 226 g/mol. The van der Waals surface area contributed by atoms with Crippen LogP contribution < -0.4 is 0 Å². The monoisotopic (exact) mass is 226 g/mol. The summed E-state index contributed by atoms with van der Waals surface area (Å²) in [6.45, 7) is 6.40. The zero-order valence-corrected chi connectivity index (χ0v) is 10.7. The van der Waals surface area contributed by atoms with E-state index < -0.39 is 0 Å². The summed E-state index contributed by atoms with van der Waals surface area (Å²) >= 11 is 0. The molecule has 0 aromatic heterocycles. The van der Waals surface area contributed by atoms with Crippen LogP contribution in [-0.4, -0.2) is 60.3 Å². The maximum atomic E-state index is 9.46. The SMILES string of the molecule is C[C@@H](O)CN1CCC[C@@H]([C@@H]2CCCN2C)C1. The number of piperidine rings is 1. The lowest BCUT2D eigenvalue weighted by atomic mass is 9.89. The summed E-state index contributed by atoms with van der Waals surface area (Å²) in [5.41, 5.74) is 0. The van der Waals surface area contributed by atoms with Crippen LogP contribution in [0.3, 0.4) is 0 Å². The minimum Gasteiger partial charge on any atom is -0.392 e. The van der Waals surface area contributed by atoms with E-state index in [0.29, 0.717) is 0 Å². The van der Waals surface area contributed by atoms with Crippen LogP contribution in [0.1, 0.15) is 32.6 Å². The highest BCUT2D eigenvalue weighted by Gasteiger charge is 2.32. The Morgan fingerprint density at radius 3 is 2.62 bits per heavy atom. The fraction of sp³-hybridized carbons (Fsp3) is 1.00. The van der Waals surface area contributed by atoms with E-state index in [1.807, 2.05) is 6.92 Å². The summed E-state index contributed by atoms with van der Waals surface area (Å²) in [6.07, 6.45) is 5.25. The molecule has 16 heavy (non-hydrogen) atoms. The van der Waals surface area contributed by atoms with Crippen LogP contribution in [0.25, 0.3) is 0 Å². The molecule has 2 aliphatic heterocycles. The Bertz CT molecular complexity index is 220. The van der Waals surface area contributed by atoms with Crippen molar-refractivity contribution >= 4 is 0 Å². The van der Waals surface area contributed by atoms with Crippen LogP contribution in [-0.2, 0) is 0 Å². The van der Waals surface area contributed by atoms with Crippen LogP contribution in [0.4, 0.5) is 0 Å². The molecule has 3 nitrogen and oxygen atoms in total. The van der Waals surface area contributed by atoms with E-state index in [1.165, 1.54) is 45.3 Å². The van der Waals surface area contributed by atoms with Gasteiger partial charge in [-0.05, 0) is 58.7 Å². The second-order valence-electron chi connectivity index (χ2n) is 5.70. The Balaban J connectivity index is 1.86. The molecule has 2 fully saturated rings. The lowest BCUT2D eigenvalue weighted by Crippen LogP contribution is -2.45. The minimum atomic E-state index is -0.181. The quantitative estimate of drug-likeness (QED) is 0.782. The second-order valence-corrected chi connectivity index (χ2v) is 5.70. The summed E-state index contributed by atoms with van der Waals surface area (Å²) in [6, 6.07) is 0.803. The topological polar surface area (TPSA) is 26.7 Å². The van der Waals surface area contributed by atoms with Crippen molar-refractivity contribution in [1.82, 2.24) is 9.80 Å². The van der Waals surface area contributed by atoms with Gasteiger partial charge in [0.25, 0.3) is 0 Å². The highest BCUT2D eigenvalue weighted by Crippen LogP contribution is 2.29. The van der Waals surface area contributed by atoms with Crippen molar-refractivity contribution in [1.29, 1.82) is 0 Å². The Kier molecular flexibility index (Phi) is 4.22. The molecule has 1 N–H and O–H groups in total. The molecule has 3 heteroatoms. The van der Waals surface area contributed by atoms with E-state index in [2.05, 4.69) is 16.8 Å². The Morgan fingerprint density at radius 1 is 1.25 bits per heavy atom. The molecule has 0 saturated carbocycles. The van der Waals surface area contributed by atoms with Gasteiger partial charge in [0.15, 0.2) is 0 Å². The zero-order chi connectivity index (χ0) is 11.5. The summed E-state index contributed by atoms with van der Waals surface area (Å²) in [5.74, 6) is 0.833. The van der Waals surface area contributed by atoms with Gasteiger partial charge < -0.3 is 14.9 Å². The molecule has 2 saturated heterocycles. The smallest absolute Gasteiger partial charge is 0.0639 e. The minimum absolute atomic E-state index is 0.181. The molecule has 94 valence electrons. The first-order valence-corrected chi connectivity index (χ1v) is 6.77. The Morgan fingerprint density at radius 2 is 2.00 bits per heavy atom. The first-order chi connectivity index (χ1) is 7.66. The molecule has 0 aromatic carbocycles. The molecular weight excluding hydrogens is 200 g/mol. The molecule has 2 heterocycles. The van der Waals surface area contributed by atoms with Crippen LogP contribution in [0, 0.1) is 5.92 Å². The predicted molar refractivity (Wildman–Crippen MR) is 66.5 cm³/mol. The zero-order valence-electron chi connectivity index (χ0n) is 10.7. The fourth-order valence-electron chi connectivity index (χ4n) is 3.48. The summed E-state index contributed by atoms with van der Waals surface area (Å²) < 4.78 is 0. The van der Waals surface area contributed by atoms with Gasteiger partial charge in [0.05, 0.1) is 6.10 Å². The third-order valence-corrected chi connectivity index (χ3v) is 4.19. The van der Waals surface area contributed by atoms with Gasteiger partial charge in [0.1, 0.15) is 0 Å². The van der Waals surface area contributed by atoms with E-state index in [9.17, 15) is 5.11 Å². The van der Waals surface area contributed by atoms with E-state index in [4.69, 9.17) is 0 Å². The molecule has 0 unspecified atom stereocenters. The molecule has 0 bridgehead atoms. The van der Waals surface area contributed by atoms with E-state index in [-0.39, 0.29) is 6.10 Å². The first-order valence-electron chi connectivity index (χ1n) is 6.77. The van der Waals surface area contributed by atoms with Gasteiger partial charge in [-0.2, -0.15) is 0 Å².